The summed E-state index contributed by atoms with van der Waals surface area (Å²) in [6.07, 6.45) is 10.5. The van der Waals surface area contributed by atoms with Gasteiger partial charge in [0.25, 0.3) is 0 Å². The van der Waals surface area contributed by atoms with Crippen LogP contribution in [-0.2, 0) is 17.7 Å². The number of aryl methyl sites for hydroxylation is 2. The van der Waals surface area contributed by atoms with Gasteiger partial charge < -0.3 is 14.3 Å². The van der Waals surface area contributed by atoms with Crippen LogP contribution in [0.15, 0.2) is 38.4 Å². The third-order valence-corrected chi connectivity index (χ3v) is 4.77. The molecule has 0 N–H and O–H groups in total. The number of ether oxygens (including phenoxy) is 2. The standard InChI is InChI=1S/C22H29Cl4NO3/c1-3-17-15-19(28-13-9-20(23)24)16-18(4-2)22(17)29-12-8-6-5-7-11-27-30-14-10-21(25)26/h9-11,15-16H,3-8,12-14H2,1-2H3/b27-11+. The van der Waals surface area contributed by atoms with Crippen LogP contribution in [0.4, 0.5) is 0 Å². The second-order valence-electron chi connectivity index (χ2n) is 6.36. The van der Waals surface area contributed by atoms with Gasteiger partial charge >= 0.3 is 0 Å². The largest absolute Gasteiger partial charge is 0.493 e. The van der Waals surface area contributed by atoms with E-state index in [1.165, 1.54) is 6.08 Å². The molecule has 1 aromatic carbocycles. The number of hydrogen-bond acceptors (Lipinski definition) is 4. The topological polar surface area (TPSA) is 40.0 Å². The maximum Gasteiger partial charge on any atom is 0.138 e. The lowest BCUT2D eigenvalue weighted by molar-refractivity contribution is 0.175. The lowest BCUT2D eigenvalue weighted by atomic mass is 10.0. The summed E-state index contributed by atoms with van der Waals surface area (Å²) >= 11 is 22.2. The third-order valence-electron chi connectivity index (χ3n) is 4.15. The van der Waals surface area contributed by atoms with E-state index in [1.807, 2.05) is 12.1 Å². The van der Waals surface area contributed by atoms with Gasteiger partial charge in [0.1, 0.15) is 33.7 Å². The van der Waals surface area contributed by atoms with Gasteiger partial charge in [0.15, 0.2) is 0 Å². The lowest BCUT2D eigenvalue weighted by Crippen LogP contribution is -2.05. The Morgan fingerprint density at radius 2 is 1.50 bits per heavy atom. The Morgan fingerprint density at radius 3 is 2.10 bits per heavy atom. The molecule has 0 spiro atoms. The first-order valence-electron chi connectivity index (χ1n) is 10.0. The van der Waals surface area contributed by atoms with E-state index in [0.717, 1.165) is 61.2 Å². The van der Waals surface area contributed by atoms with Crippen molar-refractivity contribution < 1.29 is 14.3 Å². The average Bonchev–Trinajstić information content (AvgIpc) is 2.71. The summed E-state index contributed by atoms with van der Waals surface area (Å²) in [4.78, 5) is 5.00. The van der Waals surface area contributed by atoms with Gasteiger partial charge in [0, 0.05) is 6.21 Å². The molecule has 0 unspecified atom stereocenters. The molecule has 0 aliphatic heterocycles. The first kappa shape index (κ1) is 27.0. The van der Waals surface area contributed by atoms with Crippen molar-refractivity contribution in [3.63, 3.8) is 0 Å². The number of halogens is 4. The van der Waals surface area contributed by atoms with E-state index in [4.69, 9.17) is 60.7 Å². The zero-order chi connectivity index (χ0) is 22.2. The molecule has 0 heterocycles. The van der Waals surface area contributed by atoms with Gasteiger partial charge in [-0.2, -0.15) is 0 Å². The number of nitrogens with zero attached hydrogens (tertiary/aromatic N) is 1. The number of oxime groups is 1. The molecule has 0 amide bonds. The summed E-state index contributed by atoms with van der Waals surface area (Å²) in [6.45, 7) is 5.50. The van der Waals surface area contributed by atoms with Gasteiger partial charge in [-0.25, -0.2) is 0 Å². The SMILES string of the molecule is CCc1cc(OCC=C(Cl)Cl)cc(CC)c1OCCCCC/C=N/OCC=C(Cl)Cl. The summed E-state index contributed by atoms with van der Waals surface area (Å²) in [5, 5.41) is 3.84. The van der Waals surface area contributed by atoms with Gasteiger partial charge in [-0.1, -0.05) is 65.4 Å². The maximum absolute atomic E-state index is 6.13. The normalized spacial score (nSPS) is 10.7. The van der Waals surface area contributed by atoms with Crippen LogP contribution >= 0.6 is 46.4 Å². The van der Waals surface area contributed by atoms with E-state index in [0.29, 0.717) is 13.2 Å². The summed E-state index contributed by atoms with van der Waals surface area (Å²) in [7, 11) is 0. The highest BCUT2D eigenvalue weighted by Crippen LogP contribution is 2.31. The molecule has 4 nitrogen and oxygen atoms in total. The minimum absolute atomic E-state index is 0.179. The Labute approximate surface area is 199 Å². The van der Waals surface area contributed by atoms with Crippen molar-refractivity contribution in [1.82, 2.24) is 0 Å². The minimum atomic E-state index is 0.179. The van der Waals surface area contributed by atoms with E-state index in [9.17, 15) is 0 Å². The molecule has 0 atom stereocenters. The van der Waals surface area contributed by atoms with Crippen LogP contribution in [0, 0.1) is 0 Å². The third kappa shape index (κ3) is 11.9. The molecular weight excluding hydrogens is 468 g/mol. The predicted molar refractivity (Wildman–Crippen MR) is 129 cm³/mol. The molecule has 0 aromatic heterocycles. The van der Waals surface area contributed by atoms with Gasteiger partial charge in [-0.15, -0.1) is 0 Å². The highest BCUT2D eigenvalue weighted by molar-refractivity contribution is 6.56. The van der Waals surface area contributed by atoms with E-state index in [1.54, 1.807) is 12.3 Å². The van der Waals surface area contributed by atoms with Crippen LogP contribution in [0.5, 0.6) is 11.5 Å². The molecule has 8 heteroatoms. The first-order valence-corrected chi connectivity index (χ1v) is 11.6. The zero-order valence-corrected chi connectivity index (χ0v) is 20.5. The monoisotopic (exact) mass is 495 g/mol. The highest BCUT2D eigenvalue weighted by Gasteiger charge is 2.11. The average molecular weight is 497 g/mol. The van der Waals surface area contributed by atoms with Gasteiger partial charge in [0.05, 0.1) is 6.61 Å². The molecule has 0 aliphatic rings. The summed E-state index contributed by atoms with van der Waals surface area (Å²) < 4.78 is 12.2. The van der Waals surface area contributed by atoms with Crippen LogP contribution in [0.2, 0.25) is 0 Å². The van der Waals surface area contributed by atoms with Crippen molar-refractivity contribution in [2.24, 2.45) is 5.16 Å². The second kappa shape index (κ2) is 16.6. The predicted octanol–water partition coefficient (Wildman–Crippen LogP) is 7.77. The fraction of sp³-hybridized carbons (Fsp3) is 0.500. The van der Waals surface area contributed by atoms with Crippen LogP contribution in [0.3, 0.4) is 0 Å². The lowest BCUT2D eigenvalue weighted by Gasteiger charge is -2.17. The van der Waals surface area contributed by atoms with Crippen molar-refractivity contribution in [1.29, 1.82) is 0 Å². The van der Waals surface area contributed by atoms with E-state index < -0.39 is 0 Å². The molecule has 168 valence electrons. The Hall–Kier alpha value is -1.07. The molecule has 0 bridgehead atoms. The molecule has 0 saturated carbocycles. The number of rotatable bonds is 15. The maximum atomic E-state index is 6.13. The summed E-state index contributed by atoms with van der Waals surface area (Å²) in [5.41, 5.74) is 2.28. The van der Waals surface area contributed by atoms with Gasteiger partial charge in [-0.05, 0) is 73.9 Å². The van der Waals surface area contributed by atoms with Crippen molar-refractivity contribution in [3.05, 3.63) is 44.4 Å². The molecule has 30 heavy (non-hydrogen) atoms. The van der Waals surface area contributed by atoms with E-state index in [2.05, 4.69) is 19.0 Å². The minimum Gasteiger partial charge on any atom is -0.493 e. The Balaban J connectivity index is 2.42. The summed E-state index contributed by atoms with van der Waals surface area (Å²) in [5.74, 6) is 1.77. The highest BCUT2D eigenvalue weighted by atomic mass is 35.5. The van der Waals surface area contributed by atoms with Gasteiger partial charge in [-0.3, -0.25) is 0 Å². The van der Waals surface area contributed by atoms with E-state index >= 15 is 0 Å². The quantitative estimate of drug-likeness (QED) is 0.141. The summed E-state index contributed by atoms with van der Waals surface area (Å²) in [6, 6.07) is 4.04. The van der Waals surface area contributed by atoms with Gasteiger partial charge in [0.2, 0.25) is 0 Å². The van der Waals surface area contributed by atoms with Crippen molar-refractivity contribution >= 4 is 52.6 Å². The molecular formula is C22H29Cl4NO3. The smallest absolute Gasteiger partial charge is 0.138 e. The van der Waals surface area contributed by atoms with Crippen LogP contribution < -0.4 is 9.47 Å². The van der Waals surface area contributed by atoms with Crippen molar-refractivity contribution in [2.75, 3.05) is 19.8 Å². The number of unbranched alkanes of at least 4 members (excludes halogenated alkanes) is 3. The van der Waals surface area contributed by atoms with Crippen molar-refractivity contribution in [3.8, 4) is 11.5 Å². The van der Waals surface area contributed by atoms with E-state index in [-0.39, 0.29) is 15.6 Å². The van der Waals surface area contributed by atoms with Crippen LogP contribution in [0.1, 0.15) is 50.7 Å². The zero-order valence-electron chi connectivity index (χ0n) is 17.4. The second-order valence-corrected chi connectivity index (χ2v) is 8.37. The molecule has 0 aliphatic carbocycles. The van der Waals surface area contributed by atoms with Crippen molar-refractivity contribution in [2.45, 2.75) is 52.4 Å². The number of benzene rings is 1. The molecule has 1 rings (SSSR count). The fourth-order valence-electron chi connectivity index (χ4n) is 2.65. The molecule has 1 aromatic rings. The van der Waals surface area contributed by atoms with Crippen LogP contribution in [-0.4, -0.2) is 26.0 Å². The Bertz CT molecular complexity index is 687. The van der Waals surface area contributed by atoms with Crippen LogP contribution in [0.25, 0.3) is 0 Å². The number of hydrogen-bond donors (Lipinski definition) is 0. The molecule has 0 saturated heterocycles. The molecule has 0 fully saturated rings. The first-order chi connectivity index (χ1) is 14.5. The Kier molecular flexibility index (Phi) is 14.9. The fourth-order valence-corrected chi connectivity index (χ4v) is 2.91. The Morgan fingerprint density at radius 1 is 0.867 bits per heavy atom. The molecule has 0 radical (unpaired) electrons.